The van der Waals surface area contributed by atoms with E-state index in [2.05, 4.69) is 36.3 Å². The summed E-state index contributed by atoms with van der Waals surface area (Å²) in [7, 11) is -1.60. The van der Waals surface area contributed by atoms with Gasteiger partial charge in [0.25, 0.3) is 0 Å². The summed E-state index contributed by atoms with van der Waals surface area (Å²) >= 11 is 0. The largest absolute Gasteiger partial charge is 0.464 e. The van der Waals surface area contributed by atoms with E-state index in [1.165, 1.54) is 0 Å². The van der Waals surface area contributed by atoms with Crippen LogP contribution in [0.4, 0.5) is 5.69 Å². The van der Waals surface area contributed by atoms with Gasteiger partial charge in [-0.05, 0) is 12.1 Å². The van der Waals surface area contributed by atoms with Gasteiger partial charge in [0.1, 0.15) is 14.3 Å². The van der Waals surface area contributed by atoms with Crippen molar-refractivity contribution < 1.29 is 9.53 Å². The van der Waals surface area contributed by atoms with Crippen LogP contribution in [0.2, 0.25) is 19.6 Å². The van der Waals surface area contributed by atoms with Crippen LogP contribution in [0.3, 0.4) is 0 Å². The predicted octanol–water partition coefficient (Wildman–Crippen LogP) is 2.64. The average Bonchev–Trinajstić information content (AvgIpc) is 2.65. The van der Waals surface area contributed by atoms with Gasteiger partial charge in [-0.25, -0.2) is 4.79 Å². The first kappa shape index (κ1) is 12.2. The van der Waals surface area contributed by atoms with Gasteiger partial charge in [0, 0.05) is 12.1 Å². The summed E-state index contributed by atoms with van der Waals surface area (Å²) in [6, 6.07) is 10.1. The summed E-state index contributed by atoms with van der Waals surface area (Å²) in [5.74, 6) is -0.0729. The Labute approximate surface area is 103 Å². The Morgan fingerprint density at radius 2 is 1.88 bits per heavy atom. The number of ether oxygens (including phenoxy) is 1. The summed E-state index contributed by atoms with van der Waals surface area (Å²) in [6.07, 6.45) is 0.804. The second-order valence-electron chi connectivity index (χ2n) is 5.35. The molecule has 1 aromatic rings. The molecule has 1 aliphatic rings. The molecule has 1 aromatic carbocycles. The van der Waals surface area contributed by atoms with Crippen molar-refractivity contribution in [2.24, 2.45) is 0 Å². The van der Waals surface area contributed by atoms with Gasteiger partial charge < -0.3 is 9.30 Å². The third-order valence-corrected chi connectivity index (χ3v) is 4.99. The van der Waals surface area contributed by atoms with Gasteiger partial charge in [0.2, 0.25) is 0 Å². The first-order valence-corrected chi connectivity index (χ1v) is 9.46. The number of hydrogen-bond donors (Lipinski definition) is 0. The third-order valence-electron chi connectivity index (χ3n) is 2.98. The number of benzene rings is 1. The van der Waals surface area contributed by atoms with E-state index in [-0.39, 0.29) is 12.0 Å². The molecule has 0 spiro atoms. The number of anilines is 1. The molecule has 0 N–H and O–H groups in total. The number of cyclic esters (lactones) is 1. The molecule has 0 bridgehead atoms. The fourth-order valence-electron chi connectivity index (χ4n) is 2.34. The Balaban J connectivity index is 2.36. The first-order valence-electron chi connectivity index (χ1n) is 6.01. The second-order valence-corrected chi connectivity index (χ2v) is 10.2. The van der Waals surface area contributed by atoms with Gasteiger partial charge in [-0.2, -0.15) is 0 Å². The smallest absolute Gasteiger partial charge is 0.328 e. The van der Waals surface area contributed by atoms with Crippen LogP contribution in [0.5, 0.6) is 0 Å². The van der Waals surface area contributed by atoms with E-state index in [1.54, 1.807) is 0 Å². The van der Waals surface area contributed by atoms with Gasteiger partial charge >= 0.3 is 5.97 Å². The van der Waals surface area contributed by atoms with Crippen LogP contribution in [0, 0.1) is 0 Å². The molecule has 1 fully saturated rings. The molecule has 2 rings (SSSR count). The maximum absolute atomic E-state index is 11.8. The molecule has 1 aliphatic heterocycles. The quantitative estimate of drug-likeness (QED) is 0.609. The summed E-state index contributed by atoms with van der Waals surface area (Å²) in [6.45, 7) is 7.32. The van der Waals surface area contributed by atoms with E-state index in [1.807, 2.05) is 18.2 Å². The topological polar surface area (TPSA) is 29.5 Å². The summed E-state index contributed by atoms with van der Waals surface area (Å²) in [5.41, 5.74) is 1.13. The SMILES string of the molecule is C[Si](C)(C)N(c1ccccc1)C1CCOC1=O. The normalized spacial score (nSPS) is 20.2. The molecule has 92 valence electrons. The summed E-state index contributed by atoms with van der Waals surface area (Å²) in [5, 5.41) is 0. The highest BCUT2D eigenvalue weighted by atomic mass is 28.3. The Kier molecular flexibility index (Phi) is 3.24. The Morgan fingerprint density at radius 1 is 1.24 bits per heavy atom. The lowest BCUT2D eigenvalue weighted by Crippen LogP contribution is -2.54. The average molecular weight is 249 g/mol. The van der Waals surface area contributed by atoms with E-state index in [0.717, 1.165) is 12.1 Å². The molecule has 0 aliphatic carbocycles. The number of esters is 1. The highest BCUT2D eigenvalue weighted by Crippen LogP contribution is 2.28. The molecule has 4 heteroatoms. The number of carbonyl (C=O) groups excluding carboxylic acids is 1. The Hall–Kier alpha value is -1.29. The molecule has 1 unspecified atom stereocenters. The lowest BCUT2D eigenvalue weighted by atomic mass is 10.2. The van der Waals surface area contributed by atoms with Crippen LogP contribution in [0.25, 0.3) is 0 Å². The van der Waals surface area contributed by atoms with Crippen LogP contribution in [-0.2, 0) is 9.53 Å². The van der Waals surface area contributed by atoms with Gasteiger partial charge in [0.15, 0.2) is 0 Å². The third kappa shape index (κ3) is 2.52. The fourth-order valence-corrected chi connectivity index (χ4v) is 4.44. The molecule has 17 heavy (non-hydrogen) atoms. The van der Waals surface area contributed by atoms with Gasteiger partial charge in [-0.1, -0.05) is 37.8 Å². The van der Waals surface area contributed by atoms with E-state index in [9.17, 15) is 4.79 Å². The predicted molar refractivity (Wildman–Crippen MR) is 71.6 cm³/mol. The molecular formula is C13H19NO2Si. The molecule has 1 atom stereocenters. The van der Waals surface area contributed by atoms with Crippen LogP contribution in [-0.4, -0.2) is 26.9 Å². The number of carbonyl (C=O) groups is 1. The number of para-hydroxylation sites is 1. The van der Waals surface area contributed by atoms with E-state index in [4.69, 9.17) is 4.74 Å². The molecule has 0 saturated carbocycles. The molecule has 1 saturated heterocycles. The molecule has 0 radical (unpaired) electrons. The lowest BCUT2D eigenvalue weighted by Gasteiger charge is -2.39. The zero-order valence-corrected chi connectivity index (χ0v) is 11.6. The minimum Gasteiger partial charge on any atom is -0.464 e. The number of rotatable bonds is 3. The van der Waals surface area contributed by atoms with Crippen molar-refractivity contribution in [2.75, 3.05) is 11.2 Å². The van der Waals surface area contributed by atoms with Crippen LogP contribution >= 0.6 is 0 Å². The van der Waals surface area contributed by atoms with E-state index >= 15 is 0 Å². The van der Waals surface area contributed by atoms with E-state index in [0.29, 0.717) is 6.61 Å². The minimum absolute atomic E-state index is 0.0729. The second kappa shape index (κ2) is 4.53. The van der Waals surface area contributed by atoms with Crippen molar-refractivity contribution in [1.82, 2.24) is 0 Å². The fraction of sp³-hybridized carbons (Fsp3) is 0.462. The zero-order chi connectivity index (χ0) is 12.5. The van der Waals surface area contributed by atoms with Crippen molar-refractivity contribution in [2.45, 2.75) is 32.1 Å². The number of nitrogens with zero attached hydrogens (tertiary/aromatic N) is 1. The van der Waals surface area contributed by atoms with Crippen molar-refractivity contribution in [1.29, 1.82) is 0 Å². The van der Waals surface area contributed by atoms with Crippen molar-refractivity contribution in [3.8, 4) is 0 Å². The first-order chi connectivity index (χ1) is 8.00. The highest BCUT2D eigenvalue weighted by molar-refractivity contribution is 6.80. The van der Waals surface area contributed by atoms with Crippen LogP contribution < -0.4 is 4.57 Å². The summed E-state index contributed by atoms with van der Waals surface area (Å²) < 4.78 is 7.40. The van der Waals surface area contributed by atoms with Crippen LogP contribution in [0.15, 0.2) is 30.3 Å². The maximum Gasteiger partial charge on any atom is 0.328 e. The molecule has 0 amide bonds. The highest BCUT2D eigenvalue weighted by Gasteiger charge is 2.38. The minimum atomic E-state index is -1.60. The van der Waals surface area contributed by atoms with Crippen molar-refractivity contribution in [3.63, 3.8) is 0 Å². The van der Waals surface area contributed by atoms with Crippen molar-refractivity contribution >= 4 is 19.9 Å². The van der Waals surface area contributed by atoms with Gasteiger partial charge in [-0.15, -0.1) is 0 Å². The lowest BCUT2D eigenvalue weighted by molar-refractivity contribution is -0.138. The monoisotopic (exact) mass is 249 g/mol. The Morgan fingerprint density at radius 3 is 2.35 bits per heavy atom. The molecule has 3 nitrogen and oxygen atoms in total. The van der Waals surface area contributed by atoms with Crippen molar-refractivity contribution in [3.05, 3.63) is 30.3 Å². The van der Waals surface area contributed by atoms with Gasteiger partial charge in [0.05, 0.1) is 6.61 Å². The number of hydrogen-bond acceptors (Lipinski definition) is 3. The summed E-state index contributed by atoms with van der Waals surface area (Å²) in [4.78, 5) is 11.8. The van der Waals surface area contributed by atoms with E-state index < -0.39 is 8.24 Å². The molecule has 0 aromatic heterocycles. The van der Waals surface area contributed by atoms with Crippen LogP contribution in [0.1, 0.15) is 6.42 Å². The molecular weight excluding hydrogens is 230 g/mol. The maximum atomic E-state index is 11.8. The zero-order valence-electron chi connectivity index (χ0n) is 10.6. The standard InChI is InChI=1S/C13H19NO2Si/c1-17(2,3)14(11-7-5-4-6-8-11)12-9-10-16-13(12)15/h4-8,12H,9-10H2,1-3H3. The molecule has 1 heterocycles. The Bertz CT molecular complexity index is 400. The van der Waals surface area contributed by atoms with Gasteiger partial charge in [-0.3, -0.25) is 0 Å².